The van der Waals surface area contributed by atoms with E-state index in [0.717, 1.165) is 37.9 Å². The minimum Gasteiger partial charge on any atom is -0.373 e. The van der Waals surface area contributed by atoms with E-state index < -0.39 is 0 Å². The molecule has 5 nitrogen and oxygen atoms in total. The van der Waals surface area contributed by atoms with Crippen LogP contribution >= 0.6 is 0 Å². The van der Waals surface area contributed by atoms with Gasteiger partial charge in [0, 0.05) is 19.2 Å². The second-order valence-corrected chi connectivity index (χ2v) is 5.34. The second-order valence-electron chi connectivity index (χ2n) is 5.34. The summed E-state index contributed by atoms with van der Waals surface area (Å²) in [5.74, 6) is 1.24. The minimum atomic E-state index is -0.0892. The zero-order valence-electron chi connectivity index (χ0n) is 12.6. The Balaban J connectivity index is 1.93. The van der Waals surface area contributed by atoms with E-state index in [1.165, 1.54) is 11.1 Å². The summed E-state index contributed by atoms with van der Waals surface area (Å²) >= 11 is 0. The van der Waals surface area contributed by atoms with Crippen LogP contribution in [0, 0.1) is 0 Å². The van der Waals surface area contributed by atoms with E-state index in [9.17, 15) is 0 Å². The number of hydrogen-bond acceptors (Lipinski definition) is 5. The Labute approximate surface area is 124 Å². The molecule has 0 saturated carbocycles. The number of fused-ring (bicyclic) bond motifs is 1. The standard InChI is InChI=1S/C16H21N3O2/c1-3-5-14(20-2)15-18-16(21-19-15)13-7-4-6-11-10-17-9-8-12(11)13/h4,6-7,14,17H,3,5,8-10H2,1-2H3. The molecule has 1 aliphatic rings. The van der Waals surface area contributed by atoms with Crippen molar-refractivity contribution < 1.29 is 9.26 Å². The molecule has 0 aliphatic carbocycles. The van der Waals surface area contributed by atoms with Crippen molar-refractivity contribution in [1.82, 2.24) is 15.5 Å². The van der Waals surface area contributed by atoms with Crippen LogP contribution in [0.4, 0.5) is 0 Å². The predicted molar refractivity (Wildman–Crippen MR) is 79.8 cm³/mol. The first-order valence-electron chi connectivity index (χ1n) is 7.51. The number of rotatable bonds is 5. The van der Waals surface area contributed by atoms with E-state index in [2.05, 4.69) is 34.5 Å². The van der Waals surface area contributed by atoms with Crippen LogP contribution in [0.15, 0.2) is 22.7 Å². The lowest BCUT2D eigenvalue weighted by molar-refractivity contribution is 0.0854. The lowest BCUT2D eigenvalue weighted by Gasteiger charge is -2.18. The first-order valence-corrected chi connectivity index (χ1v) is 7.51. The molecule has 5 heteroatoms. The van der Waals surface area contributed by atoms with Crippen LogP contribution in [0.3, 0.4) is 0 Å². The average molecular weight is 287 g/mol. The molecule has 1 N–H and O–H groups in total. The number of hydrogen-bond donors (Lipinski definition) is 1. The Hall–Kier alpha value is -1.72. The summed E-state index contributed by atoms with van der Waals surface area (Å²) in [7, 11) is 1.69. The molecule has 21 heavy (non-hydrogen) atoms. The third-order valence-electron chi connectivity index (χ3n) is 3.94. The van der Waals surface area contributed by atoms with E-state index in [0.29, 0.717) is 11.7 Å². The Morgan fingerprint density at radius 3 is 3.14 bits per heavy atom. The Kier molecular flexibility index (Phi) is 4.31. The number of ether oxygens (including phenoxy) is 1. The summed E-state index contributed by atoms with van der Waals surface area (Å²) < 4.78 is 10.9. The fourth-order valence-electron chi connectivity index (χ4n) is 2.82. The van der Waals surface area contributed by atoms with Crippen molar-refractivity contribution in [3.63, 3.8) is 0 Å². The van der Waals surface area contributed by atoms with E-state index >= 15 is 0 Å². The summed E-state index contributed by atoms with van der Waals surface area (Å²) in [6.07, 6.45) is 2.82. The molecule has 0 amide bonds. The highest BCUT2D eigenvalue weighted by atomic mass is 16.5. The van der Waals surface area contributed by atoms with Crippen molar-refractivity contribution in [1.29, 1.82) is 0 Å². The van der Waals surface area contributed by atoms with Crippen LogP contribution in [0.1, 0.15) is 42.8 Å². The van der Waals surface area contributed by atoms with Gasteiger partial charge in [-0.25, -0.2) is 0 Å². The molecular weight excluding hydrogens is 266 g/mol. The third kappa shape index (κ3) is 2.84. The van der Waals surface area contributed by atoms with Crippen LogP contribution in [0.2, 0.25) is 0 Å². The van der Waals surface area contributed by atoms with Crippen molar-refractivity contribution >= 4 is 0 Å². The molecule has 3 rings (SSSR count). The molecule has 1 aromatic carbocycles. The van der Waals surface area contributed by atoms with Crippen LogP contribution in [-0.2, 0) is 17.7 Å². The number of methoxy groups -OCH3 is 1. The summed E-state index contributed by atoms with van der Waals surface area (Å²) in [5, 5.41) is 7.49. The van der Waals surface area contributed by atoms with Crippen LogP contribution in [0.5, 0.6) is 0 Å². The van der Waals surface area contributed by atoms with Crippen LogP contribution in [0.25, 0.3) is 11.5 Å². The van der Waals surface area contributed by atoms with Gasteiger partial charge >= 0.3 is 0 Å². The lowest BCUT2D eigenvalue weighted by Crippen LogP contribution is -2.24. The third-order valence-corrected chi connectivity index (χ3v) is 3.94. The molecule has 2 heterocycles. The predicted octanol–water partition coefficient (Wildman–Crippen LogP) is 2.87. The number of nitrogens with zero attached hydrogens (tertiary/aromatic N) is 2. The molecule has 0 radical (unpaired) electrons. The number of benzene rings is 1. The summed E-state index contributed by atoms with van der Waals surface area (Å²) in [6.45, 7) is 4.01. The van der Waals surface area contributed by atoms with Gasteiger partial charge in [-0.05, 0) is 36.6 Å². The molecule has 0 saturated heterocycles. The minimum absolute atomic E-state index is 0.0892. The molecule has 2 aromatic rings. The molecule has 1 unspecified atom stereocenters. The van der Waals surface area contributed by atoms with Crippen LogP contribution in [-0.4, -0.2) is 23.8 Å². The summed E-state index contributed by atoms with van der Waals surface area (Å²) in [4.78, 5) is 4.56. The monoisotopic (exact) mass is 287 g/mol. The fourth-order valence-corrected chi connectivity index (χ4v) is 2.82. The molecule has 112 valence electrons. The van der Waals surface area contributed by atoms with Gasteiger partial charge in [0.1, 0.15) is 6.10 Å². The second kappa shape index (κ2) is 6.37. The van der Waals surface area contributed by atoms with Gasteiger partial charge in [0.25, 0.3) is 5.89 Å². The lowest BCUT2D eigenvalue weighted by atomic mass is 9.95. The highest BCUT2D eigenvalue weighted by Crippen LogP contribution is 2.29. The van der Waals surface area contributed by atoms with Gasteiger partial charge in [-0.3, -0.25) is 0 Å². The molecule has 0 fully saturated rings. The smallest absolute Gasteiger partial charge is 0.258 e. The number of nitrogens with one attached hydrogen (secondary N) is 1. The number of aromatic nitrogens is 2. The zero-order valence-corrected chi connectivity index (χ0v) is 12.6. The quantitative estimate of drug-likeness (QED) is 0.916. The first-order chi connectivity index (χ1) is 10.3. The SMILES string of the molecule is CCCC(OC)c1noc(-c2cccc3c2CCNC3)n1. The molecule has 1 atom stereocenters. The van der Waals surface area contributed by atoms with E-state index in [1.807, 2.05) is 6.07 Å². The Morgan fingerprint density at radius 1 is 1.43 bits per heavy atom. The Morgan fingerprint density at radius 2 is 2.33 bits per heavy atom. The van der Waals surface area contributed by atoms with Gasteiger partial charge in [-0.2, -0.15) is 4.98 Å². The molecule has 1 aromatic heterocycles. The van der Waals surface area contributed by atoms with E-state index in [-0.39, 0.29) is 6.10 Å². The van der Waals surface area contributed by atoms with Crippen molar-refractivity contribution in [3.8, 4) is 11.5 Å². The summed E-state index contributed by atoms with van der Waals surface area (Å²) in [5.41, 5.74) is 3.69. The molecular formula is C16H21N3O2. The van der Waals surface area contributed by atoms with Crippen molar-refractivity contribution in [2.24, 2.45) is 0 Å². The maximum absolute atomic E-state index is 5.48. The van der Waals surface area contributed by atoms with Gasteiger partial charge in [-0.15, -0.1) is 0 Å². The highest BCUT2D eigenvalue weighted by Gasteiger charge is 2.21. The average Bonchev–Trinajstić information content (AvgIpc) is 3.01. The van der Waals surface area contributed by atoms with Gasteiger partial charge in [0.05, 0.1) is 0 Å². The fraction of sp³-hybridized carbons (Fsp3) is 0.500. The summed E-state index contributed by atoms with van der Waals surface area (Å²) in [6, 6.07) is 6.26. The molecule has 0 spiro atoms. The van der Waals surface area contributed by atoms with E-state index in [1.54, 1.807) is 7.11 Å². The van der Waals surface area contributed by atoms with Gasteiger partial charge in [0.2, 0.25) is 5.82 Å². The maximum atomic E-state index is 5.48. The van der Waals surface area contributed by atoms with Crippen molar-refractivity contribution in [2.75, 3.05) is 13.7 Å². The van der Waals surface area contributed by atoms with Crippen LogP contribution < -0.4 is 5.32 Å². The molecule has 0 bridgehead atoms. The Bertz CT molecular complexity index is 609. The first kappa shape index (κ1) is 14.2. The van der Waals surface area contributed by atoms with E-state index in [4.69, 9.17) is 9.26 Å². The zero-order chi connectivity index (χ0) is 14.7. The van der Waals surface area contributed by atoms with Crippen molar-refractivity contribution in [3.05, 3.63) is 35.2 Å². The van der Waals surface area contributed by atoms with Gasteiger partial charge in [-0.1, -0.05) is 30.6 Å². The molecule has 1 aliphatic heterocycles. The van der Waals surface area contributed by atoms with Crippen molar-refractivity contribution in [2.45, 2.75) is 38.8 Å². The maximum Gasteiger partial charge on any atom is 0.258 e. The largest absolute Gasteiger partial charge is 0.373 e. The topological polar surface area (TPSA) is 60.2 Å². The highest BCUT2D eigenvalue weighted by molar-refractivity contribution is 5.61. The normalized spacial score (nSPS) is 15.7. The van der Waals surface area contributed by atoms with Gasteiger partial charge in [0.15, 0.2) is 0 Å². The van der Waals surface area contributed by atoms with Gasteiger partial charge < -0.3 is 14.6 Å².